The van der Waals surface area contributed by atoms with Gasteiger partial charge in [0.1, 0.15) is 34.3 Å². The lowest BCUT2D eigenvalue weighted by Crippen LogP contribution is -2.25. The molecule has 0 bridgehead atoms. The highest BCUT2D eigenvalue weighted by molar-refractivity contribution is 7.86. The van der Waals surface area contributed by atoms with Gasteiger partial charge in [0.2, 0.25) is 0 Å². The first-order valence-corrected chi connectivity index (χ1v) is 21.2. The number of pyridine rings is 2. The summed E-state index contributed by atoms with van der Waals surface area (Å²) in [6.07, 6.45) is 7.99. The Morgan fingerprint density at radius 1 is 0.417 bits per heavy atom. The molecule has 5 aromatic carbocycles. The van der Waals surface area contributed by atoms with Crippen molar-refractivity contribution in [3.63, 3.8) is 0 Å². The maximum atomic E-state index is 12.7. The molecule has 0 aliphatic carbocycles. The van der Waals surface area contributed by atoms with Crippen molar-refractivity contribution >= 4 is 43.4 Å². The van der Waals surface area contributed by atoms with E-state index < -0.39 is 20.2 Å². The molecule has 0 saturated heterocycles. The van der Waals surface area contributed by atoms with Crippen molar-refractivity contribution in [2.75, 3.05) is 10.6 Å². The number of benzene rings is 5. The quantitative estimate of drug-likeness (QED) is 0.122. The molecule has 60 heavy (non-hydrogen) atoms. The van der Waals surface area contributed by atoms with Gasteiger partial charge in [0, 0.05) is 46.8 Å². The zero-order chi connectivity index (χ0) is 43.5. The minimum atomic E-state index is -4.27. The zero-order valence-corrected chi connectivity index (χ0v) is 34.8. The summed E-state index contributed by atoms with van der Waals surface area (Å²) in [6, 6.07) is 41.8. The number of amides is 2. The van der Waals surface area contributed by atoms with Crippen molar-refractivity contribution in [2.45, 2.75) is 23.6 Å². The number of carbonyl (C=O) groups is 2. The van der Waals surface area contributed by atoms with E-state index in [2.05, 4.69) is 10.6 Å². The third-order valence-electron chi connectivity index (χ3n) is 8.94. The van der Waals surface area contributed by atoms with Crippen molar-refractivity contribution in [1.29, 1.82) is 0 Å². The van der Waals surface area contributed by atoms with Gasteiger partial charge in [-0.1, -0.05) is 59.7 Å². The third-order valence-corrected chi connectivity index (χ3v) is 10.6. The fraction of sp³-hybridized carbons (Fsp3) is 0.0870. The summed E-state index contributed by atoms with van der Waals surface area (Å²) in [5, 5.41) is 5.82. The van der Waals surface area contributed by atoms with Gasteiger partial charge in [0.25, 0.3) is 11.8 Å². The second-order valence-corrected chi connectivity index (χ2v) is 16.4. The van der Waals surface area contributed by atoms with Gasteiger partial charge in [0.15, 0.2) is 24.8 Å². The molecule has 0 aliphatic heterocycles. The number of nitrogens with one attached hydrogen (secondary N) is 2. The summed E-state index contributed by atoms with van der Waals surface area (Å²) < 4.78 is 66.3. The second-order valence-electron chi connectivity index (χ2n) is 13.7. The molecular weight excluding hydrogens is 801 g/mol. The normalized spacial score (nSPS) is 10.9. The molecule has 0 saturated carbocycles. The highest BCUT2D eigenvalue weighted by Crippen LogP contribution is 2.22. The maximum Gasteiger partial charge on any atom is 0.255 e. The Bertz CT molecular complexity index is 2570. The van der Waals surface area contributed by atoms with Crippen molar-refractivity contribution in [2.24, 2.45) is 14.1 Å². The van der Waals surface area contributed by atoms with Gasteiger partial charge in [-0.3, -0.25) is 9.59 Å². The van der Waals surface area contributed by atoms with E-state index in [0.717, 1.165) is 33.4 Å². The first kappa shape index (κ1) is 44.3. The average Bonchev–Trinajstić information content (AvgIpc) is 3.22. The fourth-order valence-corrected chi connectivity index (χ4v) is 6.41. The van der Waals surface area contributed by atoms with E-state index in [4.69, 9.17) is 0 Å². The van der Waals surface area contributed by atoms with Gasteiger partial charge in [-0.25, -0.2) is 26.0 Å². The van der Waals surface area contributed by atoms with Crippen molar-refractivity contribution in [3.8, 4) is 22.3 Å². The number of carbonyl (C=O) groups excluding carboxylic acids is 2. The summed E-state index contributed by atoms with van der Waals surface area (Å²) in [5.74, 6) is -0.469. The summed E-state index contributed by atoms with van der Waals surface area (Å²) in [6.45, 7) is 3.64. The smallest absolute Gasteiger partial charge is 0.255 e. The SMILES string of the molecule is C[n+]1ccc(-c2ccc(NC(=O)c3ccc(C(=O)Nc4ccc(-c5cc[n+](C)cc5)cc4)cc3)cc2)cc1.Cc1ccc(S(=O)(=O)[O-])cc1.Cc1ccc(S(=O)(=O)[O-])cc1. The number of nitrogens with zero attached hydrogens (tertiary/aromatic N) is 2. The first-order valence-electron chi connectivity index (χ1n) is 18.3. The molecule has 2 aromatic heterocycles. The van der Waals surface area contributed by atoms with Gasteiger partial charge < -0.3 is 19.7 Å². The zero-order valence-electron chi connectivity index (χ0n) is 33.1. The predicted molar refractivity (Wildman–Crippen MR) is 227 cm³/mol. The standard InChI is InChI=1S/C32H26N4O2.2C7H8O3S/c1-35-19-15-25(16-20-35)23-7-11-29(12-8-23)33-31(37)27-3-5-28(6-4-27)32(38)34-30-13-9-24(10-14-30)26-17-21-36(2)22-18-26;2*1-6-2-4-7(5-3-6)11(8,9)10/h3-22H,1-2H3;2*2-5H,1H3,(H,8,9,10). The van der Waals surface area contributed by atoms with Crippen LogP contribution in [0.4, 0.5) is 11.4 Å². The minimum absolute atomic E-state index is 0.178. The van der Waals surface area contributed by atoms with E-state index in [0.29, 0.717) is 22.5 Å². The molecule has 306 valence electrons. The van der Waals surface area contributed by atoms with Crippen LogP contribution in [0.5, 0.6) is 0 Å². The number of aryl methyl sites for hydroxylation is 4. The van der Waals surface area contributed by atoms with Crippen molar-refractivity contribution in [1.82, 2.24) is 0 Å². The number of hydrogen-bond donors (Lipinski definition) is 2. The van der Waals surface area contributed by atoms with Crippen molar-refractivity contribution in [3.05, 3.63) is 193 Å². The topological polar surface area (TPSA) is 180 Å². The highest BCUT2D eigenvalue weighted by Gasteiger charge is 2.11. The second kappa shape index (κ2) is 19.7. The van der Waals surface area contributed by atoms with Crippen molar-refractivity contribution < 1.29 is 44.7 Å². The average molecular weight is 843 g/mol. The summed E-state index contributed by atoms with van der Waals surface area (Å²) in [4.78, 5) is 25.1. The van der Waals surface area contributed by atoms with Crippen LogP contribution in [-0.2, 0) is 34.3 Å². The summed E-state index contributed by atoms with van der Waals surface area (Å²) in [5.41, 5.74) is 8.57. The summed E-state index contributed by atoms with van der Waals surface area (Å²) in [7, 11) is -4.58. The molecule has 0 unspecified atom stereocenters. The van der Waals surface area contributed by atoms with E-state index in [-0.39, 0.29) is 21.6 Å². The molecule has 0 aliphatic rings. The Kier molecular flexibility index (Phi) is 14.6. The maximum absolute atomic E-state index is 12.7. The molecular formula is C46H42N4O8S2. The van der Waals surface area contributed by atoms with Crippen LogP contribution in [0.2, 0.25) is 0 Å². The summed E-state index contributed by atoms with van der Waals surface area (Å²) >= 11 is 0. The van der Waals surface area contributed by atoms with E-state index in [1.807, 2.05) is 135 Å². The van der Waals surface area contributed by atoms with E-state index in [9.17, 15) is 35.5 Å². The fourth-order valence-electron chi connectivity index (χ4n) is 5.47. The van der Waals surface area contributed by atoms with Crippen LogP contribution < -0.4 is 19.8 Å². The molecule has 7 rings (SSSR count). The molecule has 0 radical (unpaired) electrons. The van der Waals surface area contributed by atoms with Crippen LogP contribution in [0, 0.1) is 13.8 Å². The highest BCUT2D eigenvalue weighted by atomic mass is 32.2. The van der Waals surface area contributed by atoms with E-state index in [1.165, 1.54) is 24.3 Å². The largest absolute Gasteiger partial charge is 0.744 e. The van der Waals surface area contributed by atoms with Gasteiger partial charge in [0.05, 0.1) is 9.79 Å². The third kappa shape index (κ3) is 13.1. The van der Waals surface area contributed by atoms with Crippen LogP contribution in [0.25, 0.3) is 22.3 Å². The number of hydrogen-bond acceptors (Lipinski definition) is 8. The van der Waals surface area contributed by atoms with Gasteiger partial charge in [-0.05, 0) is 109 Å². The Morgan fingerprint density at radius 2 is 0.683 bits per heavy atom. The minimum Gasteiger partial charge on any atom is -0.744 e. The number of rotatable bonds is 8. The lowest BCUT2D eigenvalue weighted by Gasteiger charge is -2.09. The van der Waals surface area contributed by atoms with Gasteiger partial charge in [-0.15, -0.1) is 0 Å². The van der Waals surface area contributed by atoms with E-state index >= 15 is 0 Å². The molecule has 14 heteroatoms. The Balaban J connectivity index is 0.000000252. The molecule has 0 fully saturated rings. The lowest BCUT2D eigenvalue weighted by molar-refractivity contribution is -0.671. The van der Waals surface area contributed by atoms with Crippen LogP contribution in [0.1, 0.15) is 31.8 Å². The van der Waals surface area contributed by atoms with Crippen LogP contribution in [0.15, 0.2) is 180 Å². The molecule has 2 amide bonds. The van der Waals surface area contributed by atoms with E-state index in [1.54, 1.807) is 48.5 Å². The molecule has 7 aromatic rings. The Labute approximate surface area is 350 Å². The first-order chi connectivity index (χ1) is 28.4. The van der Waals surface area contributed by atoms with Gasteiger partial charge >= 0.3 is 0 Å². The molecule has 2 heterocycles. The number of aromatic nitrogens is 2. The molecule has 0 spiro atoms. The van der Waals surface area contributed by atoms with Crippen LogP contribution in [-0.4, -0.2) is 37.8 Å². The van der Waals surface area contributed by atoms with Crippen LogP contribution in [0.3, 0.4) is 0 Å². The molecule has 0 atom stereocenters. The Hall–Kier alpha value is -6.84. The Morgan fingerprint density at radius 3 is 0.950 bits per heavy atom. The van der Waals surface area contributed by atoms with Crippen LogP contribution >= 0.6 is 0 Å². The number of anilines is 2. The molecule has 12 nitrogen and oxygen atoms in total. The lowest BCUT2D eigenvalue weighted by atomic mass is 10.1. The molecule has 2 N–H and O–H groups in total. The predicted octanol–water partition coefficient (Wildman–Crippen LogP) is 6.97. The van der Waals surface area contributed by atoms with Gasteiger partial charge in [-0.2, -0.15) is 0 Å². The monoisotopic (exact) mass is 842 g/mol.